The molecule has 0 bridgehead atoms. The Morgan fingerprint density at radius 2 is 2.26 bits per heavy atom. The standard InChI is InChI=1S/C14H17N5O3S/c1-11(9-19-6-2-5-15-19)16-14(20)12-3-4-13-17-23(21,22)8-7-18(13)10-12/h2-6,10-11H,7-9H2,1H3,(H,16,20)/t11-/m0/s1. The topological polar surface area (TPSA) is 96.7 Å². The number of hydrogen-bond acceptors (Lipinski definition) is 5. The summed E-state index contributed by atoms with van der Waals surface area (Å²) in [5, 5.41) is 7.00. The lowest BCUT2D eigenvalue weighted by molar-refractivity contribution is -0.117. The highest BCUT2D eigenvalue weighted by atomic mass is 32.2. The fourth-order valence-electron chi connectivity index (χ4n) is 2.38. The number of aromatic nitrogens is 2. The smallest absolute Gasteiger partial charge is 0.256 e. The minimum atomic E-state index is -3.38. The van der Waals surface area contributed by atoms with E-state index < -0.39 is 10.0 Å². The van der Waals surface area contributed by atoms with Gasteiger partial charge in [0.2, 0.25) is 0 Å². The molecule has 0 aromatic carbocycles. The molecule has 0 saturated carbocycles. The Balaban J connectivity index is 1.65. The molecule has 0 unspecified atom stereocenters. The second kappa shape index (κ2) is 5.99. The third-order valence-electron chi connectivity index (χ3n) is 3.48. The third-order valence-corrected chi connectivity index (χ3v) is 4.65. The number of carbonyl (C=O) groups excluding carboxylic acids is 1. The molecule has 23 heavy (non-hydrogen) atoms. The van der Waals surface area contributed by atoms with Crippen LogP contribution in [0.1, 0.15) is 6.92 Å². The lowest BCUT2D eigenvalue weighted by Crippen LogP contribution is -2.40. The molecule has 2 aliphatic heterocycles. The van der Waals surface area contributed by atoms with Crippen LogP contribution < -0.4 is 5.32 Å². The second-order valence-corrected chi connectivity index (χ2v) is 7.20. The molecule has 1 atom stereocenters. The van der Waals surface area contributed by atoms with Crippen LogP contribution in [0.3, 0.4) is 0 Å². The zero-order chi connectivity index (χ0) is 16.4. The van der Waals surface area contributed by atoms with E-state index in [2.05, 4.69) is 14.8 Å². The Kier molecular flexibility index (Phi) is 4.03. The summed E-state index contributed by atoms with van der Waals surface area (Å²) in [4.78, 5) is 14.0. The monoisotopic (exact) mass is 335 g/mol. The highest BCUT2D eigenvalue weighted by Gasteiger charge is 2.25. The van der Waals surface area contributed by atoms with E-state index in [-0.39, 0.29) is 17.7 Å². The van der Waals surface area contributed by atoms with E-state index in [0.29, 0.717) is 24.5 Å². The maximum absolute atomic E-state index is 12.3. The van der Waals surface area contributed by atoms with Crippen LogP contribution >= 0.6 is 0 Å². The molecule has 0 spiro atoms. The van der Waals surface area contributed by atoms with E-state index >= 15 is 0 Å². The normalized spacial score (nSPS) is 20.3. The number of amidine groups is 1. The van der Waals surface area contributed by atoms with Crippen LogP contribution in [0, 0.1) is 0 Å². The van der Waals surface area contributed by atoms with Crippen LogP contribution in [0.2, 0.25) is 0 Å². The molecule has 0 aliphatic carbocycles. The van der Waals surface area contributed by atoms with Crippen LogP contribution in [0.25, 0.3) is 0 Å². The quantitative estimate of drug-likeness (QED) is 0.828. The molecule has 122 valence electrons. The van der Waals surface area contributed by atoms with Crippen molar-refractivity contribution in [3.63, 3.8) is 0 Å². The number of fused-ring (bicyclic) bond motifs is 1. The van der Waals surface area contributed by atoms with Gasteiger partial charge in [-0.25, -0.2) is 8.42 Å². The van der Waals surface area contributed by atoms with Crippen LogP contribution in [0.5, 0.6) is 0 Å². The van der Waals surface area contributed by atoms with Gasteiger partial charge in [0.1, 0.15) is 5.84 Å². The number of nitrogens with one attached hydrogen (secondary N) is 1. The molecule has 2 aliphatic rings. The number of hydrogen-bond donors (Lipinski definition) is 1. The van der Waals surface area contributed by atoms with E-state index in [1.807, 2.05) is 19.2 Å². The van der Waals surface area contributed by atoms with Crippen molar-refractivity contribution in [2.24, 2.45) is 4.40 Å². The summed E-state index contributed by atoms with van der Waals surface area (Å²) in [6, 6.07) is 1.74. The molecule has 0 saturated heterocycles. The summed E-state index contributed by atoms with van der Waals surface area (Å²) in [6.45, 7) is 2.77. The van der Waals surface area contributed by atoms with E-state index in [9.17, 15) is 13.2 Å². The Labute approximate surface area is 134 Å². The summed E-state index contributed by atoms with van der Waals surface area (Å²) in [5.41, 5.74) is 0.468. The Morgan fingerprint density at radius 1 is 1.43 bits per heavy atom. The Bertz CT molecular complexity index is 792. The fourth-order valence-corrected chi connectivity index (χ4v) is 3.35. The van der Waals surface area contributed by atoms with Crippen LogP contribution in [-0.4, -0.2) is 53.2 Å². The minimum absolute atomic E-state index is 0.0502. The molecular weight excluding hydrogens is 318 g/mol. The van der Waals surface area contributed by atoms with Gasteiger partial charge in [-0.05, 0) is 25.1 Å². The first-order chi connectivity index (χ1) is 10.9. The van der Waals surface area contributed by atoms with Crippen molar-refractivity contribution in [1.82, 2.24) is 20.0 Å². The fraction of sp³-hybridized carbons (Fsp3) is 0.357. The number of amides is 1. The van der Waals surface area contributed by atoms with Gasteiger partial charge in [-0.15, -0.1) is 4.40 Å². The predicted octanol–water partition coefficient (Wildman–Crippen LogP) is -0.115. The Morgan fingerprint density at radius 3 is 3.00 bits per heavy atom. The SMILES string of the molecule is C[C@@H](Cn1cccn1)NC(=O)C1=CN2CCS(=O)(=O)N=C2C=C1. The lowest BCUT2D eigenvalue weighted by Gasteiger charge is -2.27. The van der Waals surface area contributed by atoms with Gasteiger partial charge in [0.25, 0.3) is 15.9 Å². The van der Waals surface area contributed by atoms with Gasteiger partial charge in [-0.3, -0.25) is 9.48 Å². The summed E-state index contributed by atoms with van der Waals surface area (Å²) in [5.74, 6) is 0.0802. The Hall–Kier alpha value is -2.42. The van der Waals surface area contributed by atoms with Gasteiger partial charge in [0, 0.05) is 31.2 Å². The summed E-state index contributed by atoms with van der Waals surface area (Å²) < 4.78 is 28.4. The molecule has 3 heterocycles. The molecule has 1 amide bonds. The van der Waals surface area contributed by atoms with E-state index in [1.54, 1.807) is 34.1 Å². The van der Waals surface area contributed by atoms with Crippen molar-refractivity contribution in [1.29, 1.82) is 0 Å². The van der Waals surface area contributed by atoms with Gasteiger partial charge in [-0.2, -0.15) is 5.10 Å². The molecule has 1 aromatic heterocycles. The minimum Gasteiger partial charge on any atom is -0.348 e. The average Bonchev–Trinajstić information content (AvgIpc) is 2.98. The van der Waals surface area contributed by atoms with E-state index in [1.165, 1.54) is 0 Å². The molecule has 1 aromatic rings. The second-order valence-electron chi connectivity index (χ2n) is 5.45. The van der Waals surface area contributed by atoms with Gasteiger partial charge in [-0.1, -0.05) is 0 Å². The maximum Gasteiger partial charge on any atom is 0.256 e. The predicted molar refractivity (Wildman–Crippen MR) is 85.0 cm³/mol. The lowest BCUT2D eigenvalue weighted by atomic mass is 10.1. The molecule has 8 nitrogen and oxygen atoms in total. The number of carbonyl (C=O) groups is 1. The first-order valence-corrected chi connectivity index (χ1v) is 8.81. The average molecular weight is 335 g/mol. The molecular formula is C14H17N5O3S. The van der Waals surface area contributed by atoms with Crippen LogP contribution in [-0.2, 0) is 21.4 Å². The highest BCUT2D eigenvalue weighted by molar-refractivity contribution is 7.90. The van der Waals surface area contributed by atoms with Crippen molar-refractivity contribution in [3.05, 3.63) is 42.4 Å². The zero-order valence-electron chi connectivity index (χ0n) is 12.6. The summed E-state index contributed by atoms with van der Waals surface area (Å²) in [7, 11) is -3.38. The van der Waals surface area contributed by atoms with E-state index in [0.717, 1.165) is 0 Å². The van der Waals surface area contributed by atoms with Crippen molar-refractivity contribution >= 4 is 21.8 Å². The summed E-state index contributed by atoms with van der Waals surface area (Å²) >= 11 is 0. The molecule has 1 N–H and O–H groups in total. The van der Waals surface area contributed by atoms with Gasteiger partial charge in [0.05, 0.1) is 17.9 Å². The largest absolute Gasteiger partial charge is 0.348 e. The van der Waals surface area contributed by atoms with Crippen molar-refractivity contribution in [2.45, 2.75) is 19.5 Å². The zero-order valence-corrected chi connectivity index (χ0v) is 13.4. The van der Waals surface area contributed by atoms with Crippen LogP contribution in [0.4, 0.5) is 0 Å². The third kappa shape index (κ3) is 3.67. The van der Waals surface area contributed by atoms with Gasteiger partial charge in [0.15, 0.2) is 0 Å². The highest BCUT2D eigenvalue weighted by Crippen LogP contribution is 2.15. The van der Waals surface area contributed by atoms with Crippen molar-refractivity contribution < 1.29 is 13.2 Å². The summed E-state index contributed by atoms with van der Waals surface area (Å²) in [6.07, 6.45) is 8.27. The molecule has 0 fully saturated rings. The van der Waals surface area contributed by atoms with E-state index in [4.69, 9.17) is 0 Å². The number of nitrogens with zero attached hydrogens (tertiary/aromatic N) is 4. The number of sulfonamides is 1. The van der Waals surface area contributed by atoms with Crippen molar-refractivity contribution in [2.75, 3.05) is 12.3 Å². The van der Waals surface area contributed by atoms with Crippen molar-refractivity contribution in [3.8, 4) is 0 Å². The first-order valence-electron chi connectivity index (χ1n) is 7.20. The molecule has 9 heteroatoms. The maximum atomic E-state index is 12.3. The molecule has 0 radical (unpaired) electrons. The van der Waals surface area contributed by atoms with Gasteiger partial charge >= 0.3 is 0 Å². The number of rotatable bonds is 4. The first kappa shape index (κ1) is 15.5. The van der Waals surface area contributed by atoms with Gasteiger partial charge < -0.3 is 10.2 Å². The van der Waals surface area contributed by atoms with Crippen LogP contribution in [0.15, 0.2) is 46.8 Å². The molecule has 3 rings (SSSR count).